The highest BCUT2D eigenvalue weighted by molar-refractivity contribution is 6.13. The summed E-state index contributed by atoms with van der Waals surface area (Å²) in [7, 11) is 0. The van der Waals surface area contributed by atoms with Crippen molar-refractivity contribution in [2.24, 2.45) is 5.10 Å². The highest BCUT2D eigenvalue weighted by Gasteiger charge is 2.23. The quantitative estimate of drug-likeness (QED) is 0.826. The minimum atomic E-state index is 0.0990. The Morgan fingerprint density at radius 2 is 1.62 bits per heavy atom. The summed E-state index contributed by atoms with van der Waals surface area (Å²) in [5.41, 5.74) is 3.22. The molecular formula is C18H18N2O. The summed E-state index contributed by atoms with van der Waals surface area (Å²) in [5, 5.41) is 6.09. The molecule has 0 aromatic heterocycles. The molecule has 0 saturated heterocycles. The van der Waals surface area contributed by atoms with E-state index < -0.39 is 0 Å². The van der Waals surface area contributed by atoms with Crippen molar-refractivity contribution in [3.63, 3.8) is 0 Å². The number of amides is 1. The van der Waals surface area contributed by atoms with Crippen molar-refractivity contribution in [2.45, 2.75) is 19.3 Å². The number of carbonyl (C=O) groups is 1. The molecule has 1 aliphatic rings. The molecule has 106 valence electrons. The van der Waals surface area contributed by atoms with Gasteiger partial charge in [0, 0.05) is 6.54 Å². The van der Waals surface area contributed by atoms with Crippen molar-refractivity contribution < 1.29 is 4.79 Å². The molecule has 21 heavy (non-hydrogen) atoms. The summed E-state index contributed by atoms with van der Waals surface area (Å²) < 4.78 is 0. The van der Waals surface area contributed by atoms with Crippen LogP contribution in [-0.2, 0) is 11.2 Å². The first-order valence-corrected chi connectivity index (χ1v) is 7.30. The van der Waals surface area contributed by atoms with Gasteiger partial charge in [-0.25, -0.2) is 5.01 Å². The van der Waals surface area contributed by atoms with Crippen molar-refractivity contribution in [2.75, 3.05) is 6.54 Å². The van der Waals surface area contributed by atoms with Gasteiger partial charge in [0.1, 0.15) is 0 Å². The fraction of sp³-hybridized carbons (Fsp3) is 0.222. The molecule has 0 bridgehead atoms. The zero-order valence-electron chi connectivity index (χ0n) is 11.9. The second kappa shape index (κ2) is 6.35. The van der Waals surface area contributed by atoms with E-state index in [9.17, 15) is 4.79 Å². The summed E-state index contributed by atoms with van der Waals surface area (Å²) in [5.74, 6) is 0.0990. The zero-order chi connectivity index (χ0) is 14.5. The molecule has 0 radical (unpaired) electrons. The van der Waals surface area contributed by atoms with Crippen LogP contribution in [-0.4, -0.2) is 23.2 Å². The van der Waals surface area contributed by atoms with Crippen LogP contribution >= 0.6 is 0 Å². The SMILES string of the molecule is O=C1CC(c2ccccc2)=NN1CCCc1ccccc1. The number of carbonyl (C=O) groups excluding carboxylic acids is 1. The van der Waals surface area contributed by atoms with Gasteiger partial charge in [-0.2, -0.15) is 5.10 Å². The molecule has 3 rings (SSSR count). The van der Waals surface area contributed by atoms with E-state index in [2.05, 4.69) is 17.2 Å². The van der Waals surface area contributed by atoms with Crippen LogP contribution in [0.2, 0.25) is 0 Å². The highest BCUT2D eigenvalue weighted by Crippen LogP contribution is 2.15. The predicted molar refractivity (Wildman–Crippen MR) is 84.1 cm³/mol. The molecule has 1 heterocycles. The van der Waals surface area contributed by atoms with E-state index in [1.165, 1.54) is 5.56 Å². The van der Waals surface area contributed by atoms with Gasteiger partial charge in [-0.05, 0) is 24.0 Å². The summed E-state index contributed by atoms with van der Waals surface area (Å²) in [4.78, 5) is 12.0. The maximum absolute atomic E-state index is 12.0. The lowest BCUT2D eigenvalue weighted by Gasteiger charge is -2.11. The number of hydrogen-bond acceptors (Lipinski definition) is 2. The third-order valence-corrected chi connectivity index (χ3v) is 3.63. The monoisotopic (exact) mass is 278 g/mol. The van der Waals surface area contributed by atoms with Gasteiger partial charge in [0.15, 0.2) is 0 Å². The Kier molecular flexibility index (Phi) is 4.10. The first kappa shape index (κ1) is 13.6. The van der Waals surface area contributed by atoms with E-state index in [0.717, 1.165) is 24.1 Å². The number of hydrazone groups is 1. The molecule has 0 aliphatic carbocycles. The topological polar surface area (TPSA) is 32.7 Å². The molecule has 0 unspecified atom stereocenters. The second-order valence-electron chi connectivity index (χ2n) is 5.20. The molecule has 2 aromatic rings. The smallest absolute Gasteiger partial charge is 0.248 e. The van der Waals surface area contributed by atoms with Gasteiger partial charge in [0.05, 0.1) is 12.1 Å². The van der Waals surface area contributed by atoms with Crippen molar-refractivity contribution in [1.82, 2.24) is 5.01 Å². The summed E-state index contributed by atoms with van der Waals surface area (Å²) in [6.45, 7) is 0.685. The summed E-state index contributed by atoms with van der Waals surface area (Å²) in [6.07, 6.45) is 2.32. The van der Waals surface area contributed by atoms with Crippen LogP contribution in [0.1, 0.15) is 24.0 Å². The zero-order valence-corrected chi connectivity index (χ0v) is 11.9. The van der Waals surface area contributed by atoms with E-state index >= 15 is 0 Å². The Hall–Kier alpha value is -2.42. The van der Waals surface area contributed by atoms with Gasteiger partial charge in [0.25, 0.3) is 0 Å². The predicted octanol–water partition coefficient (Wildman–Crippen LogP) is 3.26. The lowest BCUT2D eigenvalue weighted by atomic mass is 10.1. The van der Waals surface area contributed by atoms with E-state index in [0.29, 0.717) is 13.0 Å². The molecule has 0 fully saturated rings. The molecule has 3 nitrogen and oxygen atoms in total. The standard InChI is InChI=1S/C18H18N2O/c21-18-14-17(16-11-5-2-6-12-16)19-20(18)13-7-10-15-8-3-1-4-9-15/h1-6,8-9,11-12H,7,10,13-14H2. The van der Waals surface area contributed by atoms with Crippen molar-refractivity contribution in [3.8, 4) is 0 Å². The molecule has 0 N–H and O–H groups in total. The van der Waals surface area contributed by atoms with Gasteiger partial charge in [-0.3, -0.25) is 4.79 Å². The molecule has 1 amide bonds. The van der Waals surface area contributed by atoms with Crippen LogP contribution in [0, 0.1) is 0 Å². The molecular weight excluding hydrogens is 260 g/mol. The van der Waals surface area contributed by atoms with Crippen LogP contribution in [0.15, 0.2) is 65.8 Å². The number of rotatable bonds is 5. The summed E-state index contributed by atoms with van der Waals surface area (Å²) in [6, 6.07) is 20.3. The van der Waals surface area contributed by atoms with Crippen molar-refractivity contribution in [1.29, 1.82) is 0 Å². The molecule has 0 spiro atoms. The normalized spacial score (nSPS) is 14.4. The Labute approximate surface area is 124 Å². The second-order valence-corrected chi connectivity index (χ2v) is 5.20. The number of benzene rings is 2. The highest BCUT2D eigenvalue weighted by atomic mass is 16.2. The van der Waals surface area contributed by atoms with Crippen molar-refractivity contribution >= 4 is 11.6 Å². The Morgan fingerprint density at radius 1 is 0.952 bits per heavy atom. The number of hydrogen-bond donors (Lipinski definition) is 0. The van der Waals surface area contributed by atoms with Gasteiger partial charge in [-0.1, -0.05) is 60.7 Å². The Balaban J connectivity index is 1.58. The first-order chi connectivity index (χ1) is 10.3. The summed E-state index contributed by atoms with van der Waals surface area (Å²) >= 11 is 0. The third kappa shape index (κ3) is 3.37. The number of nitrogens with zero attached hydrogens (tertiary/aromatic N) is 2. The van der Waals surface area contributed by atoms with Gasteiger partial charge in [0.2, 0.25) is 5.91 Å². The van der Waals surface area contributed by atoms with E-state index in [-0.39, 0.29) is 5.91 Å². The molecule has 3 heteroatoms. The molecule has 1 aliphatic heterocycles. The fourth-order valence-corrected chi connectivity index (χ4v) is 2.51. The van der Waals surface area contributed by atoms with E-state index in [1.54, 1.807) is 5.01 Å². The minimum Gasteiger partial charge on any atom is -0.273 e. The van der Waals surface area contributed by atoms with Gasteiger partial charge < -0.3 is 0 Å². The maximum atomic E-state index is 12.0. The Bertz CT molecular complexity index is 635. The molecule has 2 aromatic carbocycles. The van der Waals surface area contributed by atoms with Crippen LogP contribution in [0.25, 0.3) is 0 Å². The third-order valence-electron chi connectivity index (χ3n) is 3.63. The maximum Gasteiger partial charge on any atom is 0.248 e. The van der Waals surface area contributed by atoms with E-state index in [4.69, 9.17) is 0 Å². The average Bonchev–Trinajstić information content (AvgIpc) is 2.91. The van der Waals surface area contributed by atoms with Crippen LogP contribution in [0.3, 0.4) is 0 Å². The van der Waals surface area contributed by atoms with Crippen LogP contribution < -0.4 is 0 Å². The number of aryl methyl sites for hydroxylation is 1. The lowest BCUT2D eigenvalue weighted by molar-refractivity contribution is -0.128. The lowest BCUT2D eigenvalue weighted by Crippen LogP contribution is -2.22. The van der Waals surface area contributed by atoms with Crippen molar-refractivity contribution in [3.05, 3.63) is 71.8 Å². The minimum absolute atomic E-state index is 0.0990. The fourth-order valence-electron chi connectivity index (χ4n) is 2.51. The van der Waals surface area contributed by atoms with Crippen LogP contribution in [0.4, 0.5) is 0 Å². The average molecular weight is 278 g/mol. The van der Waals surface area contributed by atoms with E-state index in [1.807, 2.05) is 48.5 Å². The van der Waals surface area contributed by atoms with Crippen LogP contribution in [0.5, 0.6) is 0 Å². The Morgan fingerprint density at radius 3 is 2.33 bits per heavy atom. The first-order valence-electron chi connectivity index (χ1n) is 7.30. The van der Waals surface area contributed by atoms with Gasteiger partial charge >= 0.3 is 0 Å². The molecule has 0 atom stereocenters. The van der Waals surface area contributed by atoms with Gasteiger partial charge in [-0.15, -0.1) is 0 Å². The largest absolute Gasteiger partial charge is 0.273 e. The molecule has 0 saturated carbocycles.